The highest BCUT2D eigenvalue weighted by atomic mass is 16.5. The van der Waals surface area contributed by atoms with E-state index in [4.69, 9.17) is 4.74 Å². The monoisotopic (exact) mass is 450 g/mol. The first-order valence-electron chi connectivity index (χ1n) is 11.5. The fraction of sp³-hybridized carbons (Fsp3) is 0.423. The number of carboxylic acid groups (broad SMARTS) is 1. The summed E-state index contributed by atoms with van der Waals surface area (Å²) in [5.41, 5.74) is 4.51. The van der Waals surface area contributed by atoms with Crippen LogP contribution in [0, 0.1) is 5.92 Å². The number of carbonyl (C=O) groups is 3. The molecular formula is C26H30N2O5. The number of nitrogens with one attached hydrogen (secondary N) is 1. The maximum Gasteiger partial charge on any atom is 0.407 e. The summed E-state index contributed by atoms with van der Waals surface area (Å²) in [6, 6.07) is 15.3. The van der Waals surface area contributed by atoms with Crippen molar-refractivity contribution in [2.75, 3.05) is 13.2 Å². The Morgan fingerprint density at radius 2 is 1.64 bits per heavy atom. The Labute approximate surface area is 193 Å². The Kier molecular flexibility index (Phi) is 6.67. The van der Waals surface area contributed by atoms with E-state index in [2.05, 4.69) is 17.4 Å². The molecule has 2 aromatic carbocycles. The van der Waals surface area contributed by atoms with E-state index in [-0.39, 0.29) is 36.9 Å². The third-order valence-corrected chi connectivity index (χ3v) is 6.67. The Morgan fingerprint density at radius 1 is 1.06 bits per heavy atom. The molecule has 0 heterocycles. The van der Waals surface area contributed by atoms with Gasteiger partial charge in [-0.1, -0.05) is 68.8 Å². The Bertz CT molecular complexity index is 1000. The molecule has 1 fully saturated rings. The lowest BCUT2D eigenvalue weighted by atomic mass is 9.97. The summed E-state index contributed by atoms with van der Waals surface area (Å²) < 4.78 is 5.61. The molecule has 0 spiro atoms. The van der Waals surface area contributed by atoms with E-state index in [9.17, 15) is 19.5 Å². The SMILES string of the molecule is CC[C@H](C)[C@H](NC(=O)OCC1c2ccccc2-c2ccccc21)C(=O)N(CC(=O)O)C1CC1. The van der Waals surface area contributed by atoms with E-state index >= 15 is 0 Å². The van der Waals surface area contributed by atoms with E-state index in [1.165, 1.54) is 4.90 Å². The van der Waals surface area contributed by atoms with Crippen molar-refractivity contribution < 1.29 is 24.2 Å². The molecule has 0 radical (unpaired) electrons. The zero-order valence-corrected chi connectivity index (χ0v) is 19.0. The Balaban J connectivity index is 1.45. The molecule has 33 heavy (non-hydrogen) atoms. The third kappa shape index (κ3) is 4.87. The third-order valence-electron chi connectivity index (χ3n) is 6.67. The molecule has 7 heteroatoms. The van der Waals surface area contributed by atoms with Crippen LogP contribution in [0.25, 0.3) is 11.1 Å². The number of rotatable bonds is 9. The van der Waals surface area contributed by atoms with Gasteiger partial charge in [-0.25, -0.2) is 4.79 Å². The zero-order chi connectivity index (χ0) is 23.5. The second-order valence-corrected chi connectivity index (χ2v) is 8.92. The summed E-state index contributed by atoms with van der Waals surface area (Å²) in [4.78, 5) is 38.6. The van der Waals surface area contributed by atoms with Crippen molar-refractivity contribution >= 4 is 18.0 Å². The van der Waals surface area contributed by atoms with Gasteiger partial charge in [0.25, 0.3) is 0 Å². The van der Waals surface area contributed by atoms with Crippen LogP contribution in [-0.4, -0.2) is 53.2 Å². The normalized spacial score (nSPS) is 16.3. The number of amides is 2. The topological polar surface area (TPSA) is 95.9 Å². The minimum Gasteiger partial charge on any atom is -0.480 e. The highest BCUT2D eigenvalue weighted by Crippen LogP contribution is 2.44. The molecular weight excluding hydrogens is 420 g/mol. The molecule has 0 unspecified atom stereocenters. The smallest absolute Gasteiger partial charge is 0.407 e. The molecule has 2 atom stereocenters. The molecule has 7 nitrogen and oxygen atoms in total. The van der Waals surface area contributed by atoms with Crippen molar-refractivity contribution in [1.82, 2.24) is 10.2 Å². The number of nitrogens with zero attached hydrogens (tertiary/aromatic N) is 1. The molecule has 0 bridgehead atoms. The van der Waals surface area contributed by atoms with Crippen LogP contribution in [0.5, 0.6) is 0 Å². The standard InChI is InChI=1S/C26H30N2O5/c1-3-16(2)24(25(31)28(14-23(29)30)17-12-13-17)27-26(32)33-15-22-20-10-6-4-8-18(20)19-9-5-7-11-21(19)22/h4-11,16-17,22,24H,3,12-15H2,1-2H3,(H,27,32)(H,29,30)/t16-,24-/m0/s1. The van der Waals surface area contributed by atoms with Gasteiger partial charge in [0.2, 0.25) is 5.91 Å². The predicted molar refractivity (Wildman–Crippen MR) is 124 cm³/mol. The number of aliphatic carboxylic acids is 1. The minimum atomic E-state index is -1.06. The van der Waals surface area contributed by atoms with Gasteiger partial charge in [0.05, 0.1) is 0 Å². The van der Waals surface area contributed by atoms with Crippen LogP contribution in [0.2, 0.25) is 0 Å². The van der Waals surface area contributed by atoms with Gasteiger partial charge in [0.15, 0.2) is 0 Å². The minimum absolute atomic E-state index is 0.0653. The van der Waals surface area contributed by atoms with E-state index in [1.807, 2.05) is 50.2 Å². The van der Waals surface area contributed by atoms with Gasteiger partial charge in [-0.15, -0.1) is 0 Å². The average Bonchev–Trinajstić information content (AvgIpc) is 3.61. The summed E-state index contributed by atoms with van der Waals surface area (Å²) >= 11 is 0. The average molecular weight is 451 g/mol. The number of hydrogen-bond acceptors (Lipinski definition) is 4. The van der Waals surface area contributed by atoms with Crippen molar-refractivity contribution in [3.63, 3.8) is 0 Å². The zero-order valence-electron chi connectivity index (χ0n) is 19.0. The molecule has 174 valence electrons. The first kappa shape index (κ1) is 22.8. The Morgan fingerprint density at radius 3 is 2.15 bits per heavy atom. The van der Waals surface area contributed by atoms with Crippen LogP contribution >= 0.6 is 0 Å². The van der Waals surface area contributed by atoms with Crippen molar-refractivity contribution in [2.24, 2.45) is 5.92 Å². The van der Waals surface area contributed by atoms with Gasteiger partial charge < -0.3 is 20.1 Å². The van der Waals surface area contributed by atoms with E-state index in [0.717, 1.165) is 35.1 Å². The highest BCUT2D eigenvalue weighted by molar-refractivity contribution is 5.89. The summed E-state index contributed by atoms with van der Waals surface area (Å²) in [5, 5.41) is 12.0. The van der Waals surface area contributed by atoms with Gasteiger partial charge in [-0.2, -0.15) is 0 Å². The van der Waals surface area contributed by atoms with E-state index < -0.39 is 18.1 Å². The number of alkyl carbamates (subject to hydrolysis) is 1. The lowest BCUT2D eigenvalue weighted by Crippen LogP contribution is -2.53. The van der Waals surface area contributed by atoms with Crippen molar-refractivity contribution in [3.05, 3.63) is 59.7 Å². The number of ether oxygens (including phenoxy) is 1. The first-order valence-corrected chi connectivity index (χ1v) is 11.5. The summed E-state index contributed by atoms with van der Waals surface area (Å²) in [7, 11) is 0. The Hall–Kier alpha value is -3.35. The fourth-order valence-electron chi connectivity index (χ4n) is 4.55. The van der Waals surface area contributed by atoms with E-state index in [1.54, 1.807) is 0 Å². The van der Waals surface area contributed by atoms with Gasteiger partial charge >= 0.3 is 12.1 Å². The summed E-state index contributed by atoms with van der Waals surface area (Å²) in [6.07, 6.45) is 1.57. The van der Waals surface area contributed by atoms with Crippen LogP contribution in [0.3, 0.4) is 0 Å². The number of fused-ring (bicyclic) bond motifs is 3. The lowest BCUT2D eigenvalue weighted by molar-refractivity contribution is -0.146. The van der Waals surface area contributed by atoms with Gasteiger partial charge in [0, 0.05) is 12.0 Å². The summed E-state index contributed by atoms with van der Waals surface area (Å²) in [5.74, 6) is -1.65. The quantitative estimate of drug-likeness (QED) is 0.602. The van der Waals surface area contributed by atoms with Gasteiger partial charge in [0.1, 0.15) is 19.2 Å². The molecule has 2 aliphatic carbocycles. The van der Waals surface area contributed by atoms with Gasteiger partial charge in [-0.05, 0) is 41.0 Å². The lowest BCUT2D eigenvalue weighted by Gasteiger charge is -2.29. The van der Waals surface area contributed by atoms with Crippen LogP contribution in [0.4, 0.5) is 4.79 Å². The molecule has 0 saturated heterocycles. The molecule has 0 aromatic heterocycles. The molecule has 0 aliphatic heterocycles. The molecule has 2 aromatic rings. The number of benzene rings is 2. The van der Waals surface area contributed by atoms with Crippen molar-refractivity contribution in [1.29, 1.82) is 0 Å². The van der Waals surface area contributed by atoms with Crippen LogP contribution in [0.15, 0.2) is 48.5 Å². The second-order valence-electron chi connectivity index (χ2n) is 8.92. The molecule has 2 N–H and O–H groups in total. The second kappa shape index (κ2) is 9.65. The van der Waals surface area contributed by atoms with Gasteiger partial charge in [-0.3, -0.25) is 9.59 Å². The van der Waals surface area contributed by atoms with Crippen molar-refractivity contribution in [3.8, 4) is 11.1 Å². The maximum atomic E-state index is 13.2. The van der Waals surface area contributed by atoms with Crippen LogP contribution < -0.4 is 5.32 Å². The number of carboxylic acids is 1. The molecule has 2 amide bonds. The maximum absolute atomic E-state index is 13.2. The van der Waals surface area contributed by atoms with Crippen LogP contribution in [-0.2, 0) is 14.3 Å². The molecule has 4 rings (SSSR count). The largest absolute Gasteiger partial charge is 0.480 e. The fourth-order valence-corrected chi connectivity index (χ4v) is 4.55. The molecule has 2 aliphatic rings. The highest BCUT2D eigenvalue weighted by Gasteiger charge is 2.39. The first-order chi connectivity index (χ1) is 15.9. The predicted octanol–water partition coefficient (Wildman–Crippen LogP) is 4.02. The summed E-state index contributed by atoms with van der Waals surface area (Å²) in [6.45, 7) is 3.60. The van der Waals surface area contributed by atoms with Crippen LogP contribution in [0.1, 0.15) is 50.2 Å². The molecule has 1 saturated carbocycles. The van der Waals surface area contributed by atoms with E-state index in [0.29, 0.717) is 6.42 Å². The van der Waals surface area contributed by atoms with Crippen molar-refractivity contribution in [2.45, 2.75) is 51.1 Å². The number of hydrogen-bond donors (Lipinski definition) is 2. The number of carbonyl (C=O) groups excluding carboxylic acids is 2.